The van der Waals surface area contributed by atoms with Gasteiger partial charge in [0.1, 0.15) is 11.8 Å². The van der Waals surface area contributed by atoms with Crippen molar-refractivity contribution in [2.45, 2.75) is 12.8 Å². The van der Waals surface area contributed by atoms with E-state index in [0.717, 1.165) is 6.42 Å². The van der Waals surface area contributed by atoms with Crippen molar-refractivity contribution < 1.29 is 19.1 Å². The Hall–Kier alpha value is -3.86. The smallest absolute Gasteiger partial charge is 0.276 e. The van der Waals surface area contributed by atoms with Gasteiger partial charge in [-0.25, -0.2) is 0 Å². The molecule has 2 aromatic rings. The van der Waals surface area contributed by atoms with Crippen molar-refractivity contribution in [1.82, 2.24) is 10.9 Å². The highest BCUT2D eigenvalue weighted by molar-refractivity contribution is 5.99. The van der Waals surface area contributed by atoms with Gasteiger partial charge in [-0.3, -0.25) is 25.2 Å². The molecule has 0 aliphatic carbocycles. The molecule has 1 aliphatic heterocycles. The summed E-state index contributed by atoms with van der Waals surface area (Å²) in [4.78, 5) is 37.6. The Labute approximate surface area is 161 Å². The lowest BCUT2D eigenvalue weighted by Gasteiger charge is -2.16. The van der Waals surface area contributed by atoms with Gasteiger partial charge in [-0.1, -0.05) is 18.2 Å². The number of carbonyl (C=O) groups is 3. The van der Waals surface area contributed by atoms with Crippen LogP contribution in [0.4, 0.5) is 5.69 Å². The molecule has 0 radical (unpaired) electrons. The molecule has 1 aliphatic rings. The monoisotopic (exact) mass is 378 g/mol. The van der Waals surface area contributed by atoms with Crippen LogP contribution in [0.15, 0.2) is 48.5 Å². The summed E-state index contributed by atoms with van der Waals surface area (Å²) in [6, 6.07) is 15.1. The molecular weight excluding hydrogens is 360 g/mol. The first-order valence-electron chi connectivity index (χ1n) is 8.70. The van der Waals surface area contributed by atoms with E-state index in [1.807, 2.05) is 6.07 Å². The van der Waals surface area contributed by atoms with Gasteiger partial charge in [0.15, 0.2) is 6.61 Å². The molecule has 8 heteroatoms. The molecule has 1 saturated heterocycles. The van der Waals surface area contributed by atoms with Gasteiger partial charge in [0, 0.05) is 24.2 Å². The molecule has 0 aromatic heterocycles. The molecule has 0 unspecified atom stereocenters. The maximum absolute atomic E-state index is 12.3. The highest BCUT2D eigenvalue weighted by atomic mass is 16.5. The largest absolute Gasteiger partial charge is 0.482 e. The third kappa shape index (κ3) is 4.45. The summed E-state index contributed by atoms with van der Waals surface area (Å²) >= 11 is 0. The highest BCUT2D eigenvalue weighted by Gasteiger charge is 2.22. The number of hydrogen-bond donors (Lipinski definition) is 2. The highest BCUT2D eigenvalue weighted by Crippen LogP contribution is 2.22. The Balaban J connectivity index is 1.53. The number of benzene rings is 2. The molecule has 142 valence electrons. The van der Waals surface area contributed by atoms with E-state index in [1.165, 1.54) is 0 Å². The number of nitriles is 1. The average molecular weight is 378 g/mol. The van der Waals surface area contributed by atoms with Gasteiger partial charge in [-0.2, -0.15) is 5.26 Å². The number of anilines is 1. The molecule has 3 rings (SSSR count). The molecular formula is C20H18N4O4. The van der Waals surface area contributed by atoms with Gasteiger partial charge in [-0.05, 0) is 36.8 Å². The van der Waals surface area contributed by atoms with E-state index < -0.39 is 11.8 Å². The van der Waals surface area contributed by atoms with Crippen LogP contribution in [0.2, 0.25) is 0 Å². The molecule has 2 N–H and O–H groups in total. The molecule has 28 heavy (non-hydrogen) atoms. The van der Waals surface area contributed by atoms with Crippen LogP contribution in [0.1, 0.15) is 28.8 Å². The second kappa shape index (κ2) is 8.68. The Bertz CT molecular complexity index is 951. The van der Waals surface area contributed by atoms with E-state index in [1.54, 1.807) is 53.4 Å². The minimum absolute atomic E-state index is 0.0284. The van der Waals surface area contributed by atoms with Crippen LogP contribution in [0.5, 0.6) is 5.75 Å². The number of hydrogen-bond acceptors (Lipinski definition) is 5. The Kier molecular flexibility index (Phi) is 5.87. The summed E-state index contributed by atoms with van der Waals surface area (Å²) in [7, 11) is 0. The molecule has 3 amide bonds. The van der Waals surface area contributed by atoms with Crippen molar-refractivity contribution in [2.24, 2.45) is 0 Å². The van der Waals surface area contributed by atoms with Crippen molar-refractivity contribution in [3.63, 3.8) is 0 Å². The summed E-state index contributed by atoms with van der Waals surface area (Å²) < 4.78 is 5.30. The van der Waals surface area contributed by atoms with Crippen LogP contribution in [0.25, 0.3) is 0 Å². The molecule has 2 aromatic carbocycles. The van der Waals surface area contributed by atoms with Crippen LogP contribution in [0, 0.1) is 11.3 Å². The zero-order chi connectivity index (χ0) is 19.9. The fraction of sp³-hybridized carbons (Fsp3) is 0.200. The summed E-state index contributed by atoms with van der Waals surface area (Å²) in [6.07, 6.45) is 1.29. The molecule has 0 bridgehead atoms. The lowest BCUT2D eigenvalue weighted by molar-refractivity contribution is -0.123. The Morgan fingerprint density at radius 3 is 2.71 bits per heavy atom. The number of rotatable bonds is 5. The number of nitrogens with one attached hydrogen (secondary N) is 2. The van der Waals surface area contributed by atoms with E-state index in [2.05, 4.69) is 10.9 Å². The van der Waals surface area contributed by atoms with Gasteiger partial charge < -0.3 is 9.64 Å². The molecule has 8 nitrogen and oxygen atoms in total. The minimum atomic E-state index is -0.577. The number of ether oxygens (including phenoxy) is 1. The summed E-state index contributed by atoms with van der Waals surface area (Å²) in [6.45, 7) is 0.267. The van der Waals surface area contributed by atoms with Crippen molar-refractivity contribution in [3.05, 3.63) is 59.7 Å². The predicted octanol–water partition coefficient (Wildman–Crippen LogP) is 1.53. The summed E-state index contributed by atoms with van der Waals surface area (Å²) in [5, 5.41) is 8.99. The fourth-order valence-corrected chi connectivity index (χ4v) is 2.80. The number of amides is 3. The SMILES string of the molecule is N#Cc1ccccc1OCC(=O)NNC(=O)c1cccc(N2CCCC2=O)c1. The van der Waals surface area contributed by atoms with Crippen LogP contribution >= 0.6 is 0 Å². The maximum atomic E-state index is 12.3. The van der Waals surface area contributed by atoms with E-state index >= 15 is 0 Å². The van der Waals surface area contributed by atoms with Crippen molar-refractivity contribution in [3.8, 4) is 11.8 Å². The maximum Gasteiger partial charge on any atom is 0.276 e. The van der Waals surface area contributed by atoms with Gasteiger partial charge in [0.2, 0.25) is 5.91 Å². The number of para-hydroxylation sites is 1. The first-order valence-corrected chi connectivity index (χ1v) is 8.70. The van der Waals surface area contributed by atoms with E-state index in [9.17, 15) is 14.4 Å². The van der Waals surface area contributed by atoms with Gasteiger partial charge >= 0.3 is 0 Å². The van der Waals surface area contributed by atoms with Crippen molar-refractivity contribution >= 4 is 23.4 Å². The lowest BCUT2D eigenvalue weighted by Crippen LogP contribution is -2.43. The fourth-order valence-electron chi connectivity index (χ4n) is 2.80. The normalized spacial score (nSPS) is 13.0. The van der Waals surface area contributed by atoms with Crippen molar-refractivity contribution in [2.75, 3.05) is 18.1 Å². The standard InChI is InChI=1S/C20H18N4O4/c21-12-15-5-1-2-8-17(15)28-13-18(25)22-23-20(27)14-6-3-7-16(11-14)24-10-4-9-19(24)26/h1-3,5-8,11H,4,9-10,13H2,(H,22,25)(H,23,27). The van der Waals surface area contributed by atoms with Crippen LogP contribution < -0.4 is 20.5 Å². The summed E-state index contributed by atoms with van der Waals surface area (Å²) in [5.41, 5.74) is 5.84. The second-order valence-electron chi connectivity index (χ2n) is 6.10. The lowest BCUT2D eigenvalue weighted by atomic mass is 10.2. The van der Waals surface area contributed by atoms with Crippen LogP contribution in [-0.4, -0.2) is 30.9 Å². The van der Waals surface area contributed by atoms with Crippen LogP contribution in [-0.2, 0) is 9.59 Å². The molecule has 0 spiro atoms. The zero-order valence-electron chi connectivity index (χ0n) is 15.0. The quantitative estimate of drug-likeness (QED) is 0.767. The number of nitrogens with zero attached hydrogens (tertiary/aromatic N) is 2. The first-order chi connectivity index (χ1) is 13.6. The van der Waals surface area contributed by atoms with Gasteiger partial charge in [0.25, 0.3) is 11.8 Å². The van der Waals surface area contributed by atoms with E-state index in [0.29, 0.717) is 29.8 Å². The minimum Gasteiger partial charge on any atom is -0.482 e. The number of carbonyl (C=O) groups excluding carboxylic acids is 3. The van der Waals surface area contributed by atoms with E-state index in [4.69, 9.17) is 10.00 Å². The third-order valence-electron chi connectivity index (χ3n) is 4.18. The number of hydrazine groups is 1. The predicted molar refractivity (Wildman–Crippen MR) is 100 cm³/mol. The third-order valence-corrected chi connectivity index (χ3v) is 4.18. The Morgan fingerprint density at radius 2 is 1.96 bits per heavy atom. The van der Waals surface area contributed by atoms with Crippen molar-refractivity contribution in [1.29, 1.82) is 5.26 Å². The molecule has 1 heterocycles. The first kappa shape index (κ1) is 18.9. The topological polar surface area (TPSA) is 112 Å². The molecule has 0 atom stereocenters. The van der Waals surface area contributed by atoms with Gasteiger partial charge in [-0.15, -0.1) is 0 Å². The zero-order valence-corrected chi connectivity index (χ0v) is 15.0. The molecule has 0 saturated carbocycles. The average Bonchev–Trinajstić information content (AvgIpc) is 3.16. The Morgan fingerprint density at radius 1 is 1.14 bits per heavy atom. The molecule has 1 fully saturated rings. The van der Waals surface area contributed by atoms with Crippen LogP contribution in [0.3, 0.4) is 0 Å². The second-order valence-corrected chi connectivity index (χ2v) is 6.10. The van der Waals surface area contributed by atoms with Gasteiger partial charge in [0.05, 0.1) is 5.56 Å². The summed E-state index contributed by atoms with van der Waals surface area (Å²) in [5.74, 6) is -0.777. The van der Waals surface area contributed by atoms with E-state index in [-0.39, 0.29) is 18.3 Å².